The lowest BCUT2D eigenvalue weighted by molar-refractivity contribution is -0.128. The van der Waals surface area contributed by atoms with Crippen LogP contribution >= 0.6 is 0 Å². The number of anilines is 2. The number of ether oxygens (including phenoxy) is 1. The molecule has 0 bridgehead atoms. The van der Waals surface area contributed by atoms with Crippen LogP contribution in [0.25, 0.3) is 0 Å². The smallest absolute Gasteiger partial charge is 0.340 e. The number of para-hydroxylation sites is 1. The van der Waals surface area contributed by atoms with Crippen LogP contribution in [0, 0.1) is 0 Å². The molecule has 0 aliphatic carbocycles. The first-order chi connectivity index (χ1) is 10.1. The van der Waals surface area contributed by atoms with Crippen LogP contribution in [0.3, 0.4) is 0 Å². The first-order valence-corrected chi connectivity index (χ1v) is 7.20. The fourth-order valence-corrected chi connectivity index (χ4v) is 2.39. The Labute approximate surface area is 124 Å². The van der Waals surface area contributed by atoms with E-state index in [-0.39, 0.29) is 12.5 Å². The molecule has 2 rings (SSSR count). The van der Waals surface area contributed by atoms with Crippen LogP contribution in [0.5, 0.6) is 0 Å². The Hall–Kier alpha value is -2.24. The number of amides is 1. The zero-order valence-corrected chi connectivity index (χ0v) is 12.2. The topological polar surface area (TPSA) is 84.7 Å². The second kappa shape index (κ2) is 6.97. The fourth-order valence-electron chi connectivity index (χ4n) is 2.39. The zero-order valence-electron chi connectivity index (χ0n) is 12.2. The number of nitrogens with zero attached hydrogens (tertiary/aromatic N) is 1. The van der Waals surface area contributed by atoms with Gasteiger partial charge in [-0.1, -0.05) is 6.07 Å². The molecule has 114 valence electrons. The summed E-state index contributed by atoms with van der Waals surface area (Å²) in [5, 5.41) is 2.98. The van der Waals surface area contributed by atoms with Crippen molar-refractivity contribution in [2.24, 2.45) is 0 Å². The van der Waals surface area contributed by atoms with E-state index < -0.39 is 5.97 Å². The molecule has 0 spiro atoms. The van der Waals surface area contributed by atoms with Crippen molar-refractivity contribution < 1.29 is 14.3 Å². The summed E-state index contributed by atoms with van der Waals surface area (Å²) in [5.41, 5.74) is 7.14. The van der Waals surface area contributed by atoms with Crippen molar-refractivity contribution in [3.05, 3.63) is 23.8 Å². The van der Waals surface area contributed by atoms with E-state index in [1.165, 1.54) is 0 Å². The van der Waals surface area contributed by atoms with E-state index in [1.54, 1.807) is 25.1 Å². The van der Waals surface area contributed by atoms with Gasteiger partial charge < -0.3 is 20.7 Å². The normalized spacial score (nSPS) is 14.0. The third-order valence-electron chi connectivity index (χ3n) is 3.47. The Kier molecular flexibility index (Phi) is 5.03. The van der Waals surface area contributed by atoms with Crippen LogP contribution in [0.1, 0.15) is 30.1 Å². The molecule has 1 aromatic rings. The van der Waals surface area contributed by atoms with Crippen molar-refractivity contribution in [2.75, 3.05) is 37.3 Å². The van der Waals surface area contributed by atoms with Crippen LogP contribution in [0.2, 0.25) is 0 Å². The van der Waals surface area contributed by atoms with E-state index in [0.29, 0.717) is 23.5 Å². The second-order valence-electron chi connectivity index (χ2n) is 4.93. The number of nitrogens with one attached hydrogen (secondary N) is 1. The summed E-state index contributed by atoms with van der Waals surface area (Å²) in [6.45, 7) is 3.76. The molecule has 0 aromatic heterocycles. The molecular weight excluding hydrogens is 270 g/mol. The van der Waals surface area contributed by atoms with Gasteiger partial charge in [0.1, 0.15) is 0 Å². The summed E-state index contributed by atoms with van der Waals surface area (Å²) in [6.07, 6.45) is 2.10. The Bertz CT molecular complexity index is 525. The van der Waals surface area contributed by atoms with E-state index in [4.69, 9.17) is 10.5 Å². The molecule has 1 aromatic carbocycles. The monoisotopic (exact) mass is 291 g/mol. The van der Waals surface area contributed by atoms with Gasteiger partial charge in [0.05, 0.1) is 30.1 Å². The van der Waals surface area contributed by atoms with Crippen LogP contribution in [0.4, 0.5) is 11.4 Å². The quantitative estimate of drug-likeness (QED) is 0.634. The summed E-state index contributed by atoms with van der Waals surface area (Å²) in [4.78, 5) is 25.8. The number of carbonyl (C=O) groups excluding carboxylic acids is 2. The van der Waals surface area contributed by atoms with Crippen LogP contribution in [-0.2, 0) is 9.53 Å². The van der Waals surface area contributed by atoms with Gasteiger partial charge in [-0.3, -0.25) is 4.79 Å². The van der Waals surface area contributed by atoms with Gasteiger partial charge in [0.15, 0.2) is 0 Å². The van der Waals surface area contributed by atoms with Gasteiger partial charge in [-0.2, -0.15) is 0 Å². The van der Waals surface area contributed by atoms with Gasteiger partial charge in [0.2, 0.25) is 5.91 Å². The lowest BCUT2D eigenvalue weighted by Crippen LogP contribution is -2.33. The first-order valence-electron chi connectivity index (χ1n) is 7.20. The molecule has 6 heteroatoms. The van der Waals surface area contributed by atoms with Gasteiger partial charge in [0, 0.05) is 13.1 Å². The van der Waals surface area contributed by atoms with Crippen molar-refractivity contribution in [3.63, 3.8) is 0 Å². The minimum Gasteiger partial charge on any atom is -0.462 e. The van der Waals surface area contributed by atoms with E-state index in [1.807, 2.05) is 4.90 Å². The van der Waals surface area contributed by atoms with Crippen LogP contribution < -0.4 is 11.1 Å². The number of rotatable bonds is 5. The second-order valence-corrected chi connectivity index (χ2v) is 4.93. The summed E-state index contributed by atoms with van der Waals surface area (Å²) >= 11 is 0. The average Bonchev–Trinajstić information content (AvgIpc) is 3.00. The van der Waals surface area contributed by atoms with E-state index in [2.05, 4.69) is 5.32 Å². The SMILES string of the molecule is CCOC(=O)c1cccc(N)c1NCC(=O)N1CCCC1. The Balaban J connectivity index is 2.07. The first kappa shape index (κ1) is 15.2. The number of nitrogen functional groups attached to an aromatic ring is 1. The number of esters is 1. The molecule has 0 unspecified atom stereocenters. The molecule has 3 N–H and O–H groups in total. The molecule has 1 aliphatic heterocycles. The minimum atomic E-state index is -0.444. The Morgan fingerprint density at radius 1 is 1.33 bits per heavy atom. The third-order valence-corrected chi connectivity index (χ3v) is 3.47. The van der Waals surface area contributed by atoms with Gasteiger partial charge in [0.25, 0.3) is 0 Å². The summed E-state index contributed by atoms with van der Waals surface area (Å²) in [7, 11) is 0. The maximum atomic E-state index is 12.0. The number of hydrogen-bond donors (Lipinski definition) is 2. The lowest BCUT2D eigenvalue weighted by atomic mass is 10.1. The van der Waals surface area contributed by atoms with Crippen molar-refractivity contribution in [1.82, 2.24) is 4.90 Å². The van der Waals surface area contributed by atoms with Crippen molar-refractivity contribution in [3.8, 4) is 0 Å². The largest absolute Gasteiger partial charge is 0.462 e. The maximum Gasteiger partial charge on any atom is 0.340 e. The highest BCUT2D eigenvalue weighted by atomic mass is 16.5. The Morgan fingerprint density at radius 3 is 2.71 bits per heavy atom. The number of likely N-dealkylation sites (tertiary alicyclic amines) is 1. The molecule has 0 atom stereocenters. The predicted molar refractivity (Wildman–Crippen MR) is 81.1 cm³/mol. The molecule has 0 saturated carbocycles. The van der Waals surface area contributed by atoms with Crippen molar-refractivity contribution in [2.45, 2.75) is 19.8 Å². The maximum absolute atomic E-state index is 12.0. The standard InChI is InChI=1S/C15H21N3O3/c1-2-21-15(20)11-6-5-7-12(16)14(11)17-10-13(19)18-8-3-4-9-18/h5-7,17H,2-4,8-10,16H2,1H3. The molecule has 0 radical (unpaired) electrons. The van der Waals surface area contributed by atoms with Gasteiger partial charge >= 0.3 is 5.97 Å². The average molecular weight is 291 g/mol. The fraction of sp³-hybridized carbons (Fsp3) is 0.467. The van der Waals surface area contributed by atoms with E-state index >= 15 is 0 Å². The molecule has 6 nitrogen and oxygen atoms in total. The molecule has 1 aliphatic rings. The van der Waals surface area contributed by atoms with Crippen LogP contribution in [-0.4, -0.2) is 43.0 Å². The van der Waals surface area contributed by atoms with Gasteiger partial charge in [-0.25, -0.2) is 4.79 Å². The number of benzene rings is 1. The van der Waals surface area contributed by atoms with Gasteiger partial charge in [-0.15, -0.1) is 0 Å². The Morgan fingerprint density at radius 2 is 2.05 bits per heavy atom. The van der Waals surface area contributed by atoms with E-state index in [0.717, 1.165) is 25.9 Å². The number of carbonyl (C=O) groups is 2. The molecule has 1 amide bonds. The number of hydrogen-bond acceptors (Lipinski definition) is 5. The highest BCUT2D eigenvalue weighted by molar-refractivity contribution is 5.99. The molecular formula is C15H21N3O3. The van der Waals surface area contributed by atoms with Crippen molar-refractivity contribution in [1.29, 1.82) is 0 Å². The lowest BCUT2D eigenvalue weighted by Gasteiger charge is -2.18. The summed E-state index contributed by atoms with van der Waals surface area (Å²) < 4.78 is 5.00. The highest BCUT2D eigenvalue weighted by Crippen LogP contribution is 2.24. The minimum absolute atomic E-state index is 0.0190. The number of nitrogens with two attached hydrogens (primary N) is 1. The third kappa shape index (κ3) is 3.65. The molecule has 1 heterocycles. The molecule has 1 fully saturated rings. The summed E-state index contributed by atoms with van der Waals surface area (Å²) in [5.74, 6) is -0.425. The van der Waals surface area contributed by atoms with Crippen molar-refractivity contribution >= 4 is 23.3 Å². The van der Waals surface area contributed by atoms with E-state index in [9.17, 15) is 9.59 Å². The molecule has 1 saturated heterocycles. The zero-order chi connectivity index (χ0) is 15.2. The summed E-state index contributed by atoms with van der Waals surface area (Å²) in [6, 6.07) is 5.01. The molecule has 21 heavy (non-hydrogen) atoms. The van der Waals surface area contributed by atoms with Crippen LogP contribution in [0.15, 0.2) is 18.2 Å². The highest BCUT2D eigenvalue weighted by Gasteiger charge is 2.19. The van der Waals surface area contributed by atoms with Gasteiger partial charge in [-0.05, 0) is 31.9 Å². The predicted octanol–water partition coefficient (Wildman–Crippen LogP) is 1.48.